The summed E-state index contributed by atoms with van der Waals surface area (Å²) in [5.74, 6) is -4.51. The van der Waals surface area contributed by atoms with E-state index in [2.05, 4.69) is 6.58 Å². The molecule has 1 fully saturated rings. The van der Waals surface area contributed by atoms with E-state index in [1.54, 1.807) is 18.7 Å². The third kappa shape index (κ3) is 16.6. The molecule has 0 aromatic heterocycles. The largest absolute Gasteiger partial charge is 0.463 e. The van der Waals surface area contributed by atoms with Crippen LogP contribution in [0.5, 0.6) is 0 Å². The topological polar surface area (TPSA) is 239 Å². The molecule has 1 aliphatic heterocycles. The molecule has 302 valence electrons. The Bertz CT molecular complexity index is 1300. The van der Waals surface area contributed by atoms with Crippen LogP contribution in [0.1, 0.15) is 86.5 Å². The van der Waals surface area contributed by atoms with Gasteiger partial charge in [-0.2, -0.15) is 0 Å². The van der Waals surface area contributed by atoms with Crippen molar-refractivity contribution in [1.29, 1.82) is 0 Å². The first-order valence-electron chi connectivity index (χ1n) is 17.6. The quantitative estimate of drug-likeness (QED) is 0.0512. The third-order valence-electron chi connectivity index (χ3n) is 8.62. The summed E-state index contributed by atoms with van der Waals surface area (Å²) in [5.41, 5.74) is -3.99. The van der Waals surface area contributed by atoms with Crippen LogP contribution in [0.25, 0.3) is 0 Å². The summed E-state index contributed by atoms with van der Waals surface area (Å²) in [6.45, 7) is 10.8. The van der Waals surface area contributed by atoms with Crippen LogP contribution in [0, 0.1) is 16.2 Å². The minimum atomic E-state index is -1.53. The van der Waals surface area contributed by atoms with Crippen molar-refractivity contribution >= 4 is 41.7 Å². The van der Waals surface area contributed by atoms with Crippen molar-refractivity contribution < 1.29 is 77.3 Å². The van der Waals surface area contributed by atoms with Crippen molar-refractivity contribution in [3.05, 3.63) is 12.2 Å². The van der Waals surface area contributed by atoms with Crippen molar-refractivity contribution in [2.24, 2.45) is 16.2 Å². The number of aliphatic hydroxyl groups excluding tert-OH is 3. The molecule has 1 amide bonds. The number of amides is 1. The highest BCUT2D eigenvalue weighted by atomic mass is 16.6. The van der Waals surface area contributed by atoms with Gasteiger partial charge in [0.2, 0.25) is 5.91 Å². The molecule has 0 saturated carbocycles. The Morgan fingerprint density at radius 1 is 0.755 bits per heavy atom. The van der Waals surface area contributed by atoms with E-state index in [1.165, 1.54) is 27.7 Å². The summed E-state index contributed by atoms with van der Waals surface area (Å²) < 4.78 is 30.7. The molecule has 1 heterocycles. The summed E-state index contributed by atoms with van der Waals surface area (Å²) in [6, 6.07) is 0. The van der Waals surface area contributed by atoms with Crippen LogP contribution in [0.2, 0.25) is 0 Å². The van der Waals surface area contributed by atoms with Crippen LogP contribution in [-0.2, 0) is 62.0 Å². The molecule has 53 heavy (non-hydrogen) atoms. The molecule has 4 atom stereocenters. The number of nitrogens with zero attached hydrogens (tertiary/aromatic N) is 1. The van der Waals surface area contributed by atoms with Gasteiger partial charge in [-0.25, -0.2) is 4.79 Å². The van der Waals surface area contributed by atoms with E-state index in [0.717, 1.165) is 6.42 Å². The predicted molar refractivity (Wildman–Crippen MR) is 184 cm³/mol. The first-order chi connectivity index (χ1) is 24.7. The normalized spacial score (nSPS) is 16.3. The minimum Gasteiger partial charge on any atom is -0.463 e. The average Bonchev–Trinajstić information content (AvgIpc) is 3.52. The fourth-order valence-electron chi connectivity index (χ4n) is 5.59. The number of carbonyl (C=O) groups is 7. The Morgan fingerprint density at radius 3 is 1.87 bits per heavy atom. The molecule has 17 heteroatoms. The maximum Gasteiger partial charge on any atom is 0.333 e. The smallest absolute Gasteiger partial charge is 0.333 e. The van der Waals surface area contributed by atoms with Gasteiger partial charge in [-0.3, -0.25) is 28.8 Å². The molecule has 1 saturated heterocycles. The first kappa shape index (κ1) is 46.9. The Kier molecular flexibility index (Phi) is 19.7. The van der Waals surface area contributed by atoms with Crippen molar-refractivity contribution in [1.82, 2.24) is 4.90 Å². The lowest BCUT2D eigenvalue weighted by molar-refractivity contribution is -0.172. The van der Waals surface area contributed by atoms with E-state index in [9.17, 15) is 48.9 Å². The Labute approximate surface area is 310 Å². The highest BCUT2D eigenvalue weighted by molar-refractivity contribution is 5.87. The standard InChI is InChI=1S/C36H57NO16/c1-8-35(6,32(46)50-15-14-37-13-9-10-27(37)41)23-36(7,33(47)53-19-25(39)18-38)22-34(4,5)31(45)52-21-26(40)20-51-29(43)12-11-28(42)48-16-17-49-30(44)24(2)3/h25-26,38-40H,2,8-23H2,1,3-7H3. The Balaban J connectivity index is 2.79. The monoisotopic (exact) mass is 759 g/mol. The number of hydrogen-bond donors (Lipinski definition) is 3. The first-order valence-corrected chi connectivity index (χ1v) is 17.6. The van der Waals surface area contributed by atoms with Crippen LogP contribution < -0.4 is 0 Å². The van der Waals surface area contributed by atoms with Crippen molar-refractivity contribution in [3.63, 3.8) is 0 Å². The maximum atomic E-state index is 13.5. The average molecular weight is 760 g/mol. The van der Waals surface area contributed by atoms with Gasteiger partial charge in [-0.05, 0) is 60.3 Å². The van der Waals surface area contributed by atoms with Crippen LogP contribution >= 0.6 is 0 Å². The second-order valence-corrected chi connectivity index (χ2v) is 14.3. The van der Waals surface area contributed by atoms with Gasteiger partial charge in [0, 0.05) is 18.5 Å². The summed E-state index contributed by atoms with van der Waals surface area (Å²) in [4.78, 5) is 88.9. The van der Waals surface area contributed by atoms with Gasteiger partial charge in [0.25, 0.3) is 0 Å². The van der Waals surface area contributed by atoms with Crippen LogP contribution in [-0.4, -0.2) is 133 Å². The zero-order chi connectivity index (χ0) is 40.4. The number of aliphatic hydroxyl groups is 3. The van der Waals surface area contributed by atoms with Gasteiger partial charge in [0.1, 0.15) is 51.8 Å². The fourth-order valence-corrected chi connectivity index (χ4v) is 5.59. The lowest BCUT2D eigenvalue weighted by atomic mass is 9.65. The van der Waals surface area contributed by atoms with Gasteiger partial charge in [0.15, 0.2) is 0 Å². The Morgan fingerprint density at radius 2 is 1.30 bits per heavy atom. The second-order valence-electron chi connectivity index (χ2n) is 14.3. The molecular formula is C36H57NO16. The van der Waals surface area contributed by atoms with Crippen LogP contribution in [0.15, 0.2) is 12.2 Å². The molecular weight excluding hydrogens is 702 g/mol. The molecule has 4 unspecified atom stereocenters. The fraction of sp³-hybridized carbons (Fsp3) is 0.750. The number of rotatable bonds is 25. The summed E-state index contributed by atoms with van der Waals surface area (Å²) >= 11 is 0. The van der Waals surface area contributed by atoms with E-state index in [1.807, 2.05) is 0 Å². The maximum absolute atomic E-state index is 13.5. The lowest BCUT2D eigenvalue weighted by Crippen LogP contribution is -2.45. The summed E-state index contributed by atoms with van der Waals surface area (Å²) in [7, 11) is 0. The number of carbonyl (C=O) groups excluding carboxylic acids is 7. The zero-order valence-electron chi connectivity index (χ0n) is 31.8. The van der Waals surface area contributed by atoms with Gasteiger partial charge in [-0.15, -0.1) is 0 Å². The third-order valence-corrected chi connectivity index (χ3v) is 8.62. The highest BCUT2D eigenvalue weighted by Crippen LogP contribution is 2.46. The van der Waals surface area contributed by atoms with Crippen molar-refractivity contribution in [2.75, 3.05) is 59.3 Å². The molecule has 0 aromatic carbocycles. The van der Waals surface area contributed by atoms with Crippen LogP contribution in [0.4, 0.5) is 0 Å². The highest BCUT2D eigenvalue weighted by Gasteiger charge is 2.50. The molecule has 0 bridgehead atoms. The predicted octanol–water partition coefficient (Wildman–Crippen LogP) is 1.17. The summed E-state index contributed by atoms with van der Waals surface area (Å²) in [5, 5.41) is 29.3. The second kappa shape index (κ2) is 22.2. The molecule has 3 N–H and O–H groups in total. The molecule has 1 rings (SSSR count). The van der Waals surface area contributed by atoms with Gasteiger partial charge >= 0.3 is 35.8 Å². The number of ether oxygens (including phenoxy) is 6. The summed E-state index contributed by atoms with van der Waals surface area (Å²) in [6.07, 6.45) is -2.43. The zero-order valence-corrected chi connectivity index (χ0v) is 31.8. The molecule has 0 aliphatic carbocycles. The van der Waals surface area contributed by atoms with Crippen molar-refractivity contribution in [2.45, 2.75) is 98.7 Å². The van der Waals surface area contributed by atoms with E-state index < -0.39 is 90.7 Å². The van der Waals surface area contributed by atoms with E-state index >= 15 is 0 Å². The molecule has 1 aliphatic rings. The number of likely N-dealkylation sites (tertiary alicyclic amines) is 1. The molecule has 17 nitrogen and oxygen atoms in total. The van der Waals surface area contributed by atoms with Crippen molar-refractivity contribution in [3.8, 4) is 0 Å². The molecule has 0 spiro atoms. The molecule has 0 aromatic rings. The van der Waals surface area contributed by atoms with E-state index in [4.69, 9.17) is 28.4 Å². The van der Waals surface area contributed by atoms with Gasteiger partial charge < -0.3 is 48.6 Å². The number of hydrogen-bond acceptors (Lipinski definition) is 16. The SMILES string of the molecule is C=C(C)C(=O)OCCOC(=O)CCC(=O)OCC(O)COC(=O)C(C)(C)CC(C)(CC(C)(CC)C(=O)OCCN1CCCC1=O)C(=O)OCC(O)CO. The van der Waals surface area contributed by atoms with E-state index in [-0.39, 0.29) is 69.9 Å². The lowest BCUT2D eigenvalue weighted by Gasteiger charge is -2.39. The van der Waals surface area contributed by atoms with Gasteiger partial charge in [0.05, 0.1) is 42.2 Å². The van der Waals surface area contributed by atoms with E-state index in [0.29, 0.717) is 13.0 Å². The van der Waals surface area contributed by atoms with Crippen LogP contribution in [0.3, 0.4) is 0 Å². The number of esters is 6. The minimum absolute atomic E-state index is 0.0176. The molecule has 0 radical (unpaired) electrons. The Hall–Kier alpha value is -4.09. The van der Waals surface area contributed by atoms with Gasteiger partial charge in [-0.1, -0.05) is 13.5 Å².